The average molecular weight is 336 g/mol. The number of hydrogen-bond acceptors (Lipinski definition) is 4. The van der Waals surface area contributed by atoms with Crippen molar-refractivity contribution in [3.05, 3.63) is 77.0 Å². The molecule has 0 aliphatic heterocycles. The molecule has 0 saturated carbocycles. The molecule has 3 rings (SSSR count). The van der Waals surface area contributed by atoms with Crippen molar-refractivity contribution in [1.82, 2.24) is 9.97 Å². The molecular formula is C20H20N2OS. The summed E-state index contributed by atoms with van der Waals surface area (Å²) in [6.07, 6.45) is 0. The monoisotopic (exact) mass is 336 g/mol. The van der Waals surface area contributed by atoms with Gasteiger partial charge in [-0.25, -0.2) is 4.98 Å². The number of rotatable bonds is 5. The summed E-state index contributed by atoms with van der Waals surface area (Å²) in [6.45, 7) is 6.09. The van der Waals surface area contributed by atoms with Gasteiger partial charge in [-0.15, -0.1) is 0 Å². The third-order valence-corrected chi connectivity index (χ3v) is 4.43. The molecule has 1 heterocycles. The van der Waals surface area contributed by atoms with Crippen molar-refractivity contribution >= 4 is 11.8 Å². The van der Waals surface area contributed by atoms with Crippen LogP contribution in [0.15, 0.2) is 59.8 Å². The second-order valence-corrected chi connectivity index (χ2v) is 6.77. The van der Waals surface area contributed by atoms with Gasteiger partial charge >= 0.3 is 0 Å². The molecule has 0 bridgehead atoms. The van der Waals surface area contributed by atoms with Crippen molar-refractivity contribution in [2.45, 2.75) is 31.7 Å². The van der Waals surface area contributed by atoms with Crippen molar-refractivity contribution in [3.63, 3.8) is 0 Å². The number of nitrogens with zero attached hydrogens (tertiary/aromatic N) is 2. The van der Waals surface area contributed by atoms with Crippen LogP contribution in [0.3, 0.4) is 0 Å². The van der Waals surface area contributed by atoms with E-state index < -0.39 is 0 Å². The van der Waals surface area contributed by atoms with E-state index in [0.717, 1.165) is 27.9 Å². The van der Waals surface area contributed by atoms with E-state index in [1.807, 2.05) is 44.2 Å². The SMILES string of the molecule is Cc1ccc(CSc2nc(C)cc(Oc3cccc(C)c3)n2)cc1. The fourth-order valence-electron chi connectivity index (χ4n) is 2.26. The zero-order valence-corrected chi connectivity index (χ0v) is 14.9. The highest BCUT2D eigenvalue weighted by molar-refractivity contribution is 7.98. The van der Waals surface area contributed by atoms with E-state index in [1.165, 1.54) is 11.1 Å². The molecule has 3 aromatic rings. The van der Waals surface area contributed by atoms with E-state index in [9.17, 15) is 0 Å². The minimum Gasteiger partial charge on any atom is -0.439 e. The smallest absolute Gasteiger partial charge is 0.223 e. The summed E-state index contributed by atoms with van der Waals surface area (Å²) in [4.78, 5) is 9.02. The summed E-state index contributed by atoms with van der Waals surface area (Å²) in [7, 11) is 0. The molecule has 0 saturated heterocycles. The Hall–Kier alpha value is -2.33. The molecule has 122 valence electrons. The van der Waals surface area contributed by atoms with Gasteiger partial charge in [-0.3, -0.25) is 0 Å². The largest absolute Gasteiger partial charge is 0.439 e. The Kier molecular flexibility index (Phi) is 5.16. The maximum Gasteiger partial charge on any atom is 0.223 e. The van der Waals surface area contributed by atoms with Gasteiger partial charge in [0.1, 0.15) is 5.75 Å². The summed E-state index contributed by atoms with van der Waals surface area (Å²) in [5, 5.41) is 0.734. The normalized spacial score (nSPS) is 10.6. The van der Waals surface area contributed by atoms with Gasteiger partial charge in [0.15, 0.2) is 5.16 Å². The molecule has 0 spiro atoms. The van der Waals surface area contributed by atoms with E-state index in [4.69, 9.17) is 4.74 Å². The van der Waals surface area contributed by atoms with Gasteiger partial charge in [0.25, 0.3) is 0 Å². The van der Waals surface area contributed by atoms with E-state index >= 15 is 0 Å². The third-order valence-electron chi connectivity index (χ3n) is 3.51. The molecule has 3 nitrogen and oxygen atoms in total. The van der Waals surface area contributed by atoms with Crippen molar-refractivity contribution in [2.75, 3.05) is 0 Å². The van der Waals surface area contributed by atoms with Crippen LogP contribution in [0, 0.1) is 20.8 Å². The van der Waals surface area contributed by atoms with Gasteiger partial charge in [0, 0.05) is 17.5 Å². The molecule has 1 aromatic heterocycles. The predicted molar refractivity (Wildman–Crippen MR) is 98.8 cm³/mol. The van der Waals surface area contributed by atoms with Gasteiger partial charge in [-0.05, 0) is 44.0 Å². The topological polar surface area (TPSA) is 35.0 Å². The molecule has 0 unspecified atom stereocenters. The van der Waals surface area contributed by atoms with Gasteiger partial charge in [0.05, 0.1) is 0 Å². The van der Waals surface area contributed by atoms with E-state index in [1.54, 1.807) is 11.8 Å². The van der Waals surface area contributed by atoms with Crippen LogP contribution in [-0.2, 0) is 5.75 Å². The first kappa shape index (κ1) is 16.5. The molecule has 0 fully saturated rings. The number of ether oxygens (including phenoxy) is 1. The molecule has 0 N–H and O–H groups in total. The Labute approximate surface area is 147 Å². The number of aryl methyl sites for hydroxylation is 3. The zero-order chi connectivity index (χ0) is 16.9. The number of thioether (sulfide) groups is 1. The highest BCUT2D eigenvalue weighted by atomic mass is 32.2. The Balaban J connectivity index is 1.72. The molecule has 4 heteroatoms. The van der Waals surface area contributed by atoms with Crippen LogP contribution in [0.25, 0.3) is 0 Å². The highest BCUT2D eigenvalue weighted by Crippen LogP contribution is 2.25. The molecule has 0 aliphatic rings. The van der Waals surface area contributed by atoms with Crippen LogP contribution in [0.1, 0.15) is 22.4 Å². The summed E-state index contributed by atoms with van der Waals surface area (Å²) in [5.41, 5.74) is 4.59. The molecule has 0 atom stereocenters. The van der Waals surface area contributed by atoms with Crippen LogP contribution in [0.4, 0.5) is 0 Å². The quantitative estimate of drug-likeness (QED) is 0.456. The zero-order valence-electron chi connectivity index (χ0n) is 14.1. The van der Waals surface area contributed by atoms with Crippen molar-refractivity contribution in [3.8, 4) is 11.6 Å². The molecular weight excluding hydrogens is 316 g/mol. The molecule has 0 amide bonds. The molecule has 2 aromatic carbocycles. The van der Waals surface area contributed by atoms with E-state index in [0.29, 0.717) is 5.88 Å². The minimum absolute atomic E-state index is 0.583. The Morgan fingerprint density at radius 2 is 1.67 bits per heavy atom. The number of aromatic nitrogens is 2. The number of hydrogen-bond donors (Lipinski definition) is 0. The predicted octanol–water partition coefficient (Wildman–Crippen LogP) is 5.49. The maximum absolute atomic E-state index is 5.88. The van der Waals surface area contributed by atoms with Crippen molar-refractivity contribution < 1.29 is 4.74 Å². The fourth-order valence-corrected chi connectivity index (χ4v) is 3.11. The first-order valence-corrected chi connectivity index (χ1v) is 8.85. The summed E-state index contributed by atoms with van der Waals surface area (Å²) in [6, 6.07) is 18.3. The Morgan fingerprint density at radius 1 is 0.875 bits per heavy atom. The van der Waals surface area contributed by atoms with Crippen molar-refractivity contribution in [2.24, 2.45) is 0 Å². The summed E-state index contributed by atoms with van der Waals surface area (Å²) < 4.78 is 5.88. The van der Waals surface area contributed by atoms with Gasteiger partial charge in [-0.1, -0.05) is 53.7 Å². The maximum atomic E-state index is 5.88. The first-order chi connectivity index (χ1) is 11.6. The van der Waals surface area contributed by atoms with Crippen LogP contribution >= 0.6 is 11.8 Å². The fraction of sp³-hybridized carbons (Fsp3) is 0.200. The third kappa shape index (κ3) is 4.59. The summed E-state index contributed by atoms with van der Waals surface area (Å²) in [5.74, 6) is 2.22. The summed E-state index contributed by atoms with van der Waals surface area (Å²) >= 11 is 1.62. The lowest BCUT2D eigenvalue weighted by atomic mass is 10.2. The Morgan fingerprint density at radius 3 is 2.42 bits per heavy atom. The average Bonchev–Trinajstić information content (AvgIpc) is 2.54. The lowest BCUT2D eigenvalue weighted by Gasteiger charge is -2.08. The lowest BCUT2D eigenvalue weighted by Crippen LogP contribution is -1.95. The molecule has 24 heavy (non-hydrogen) atoms. The Bertz CT molecular complexity index is 831. The lowest BCUT2D eigenvalue weighted by molar-refractivity contribution is 0.454. The minimum atomic E-state index is 0.583. The van der Waals surface area contributed by atoms with Crippen LogP contribution in [0.5, 0.6) is 11.6 Å². The highest BCUT2D eigenvalue weighted by Gasteiger charge is 2.06. The second-order valence-electron chi connectivity index (χ2n) is 5.82. The van der Waals surface area contributed by atoms with Gasteiger partial charge < -0.3 is 4.74 Å². The van der Waals surface area contributed by atoms with Crippen molar-refractivity contribution in [1.29, 1.82) is 0 Å². The number of benzene rings is 2. The van der Waals surface area contributed by atoms with Crippen LogP contribution in [-0.4, -0.2) is 9.97 Å². The van der Waals surface area contributed by atoms with Gasteiger partial charge in [-0.2, -0.15) is 4.98 Å². The van der Waals surface area contributed by atoms with E-state index in [-0.39, 0.29) is 0 Å². The standard InChI is InChI=1S/C20H20N2OS/c1-14-7-9-17(10-8-14)13-24-20-21-16(3)12-19(22-20)23-18-6-4-5-15(2)11-18/h4-12H,13H2,1-3H3. The van der Waals surface area contributed by atoms with Gasteiger partial charge in [0.2, 0.25) is 5.88 Å². The first-order valence-electron chi connectivity index (χ1n) is 7.87. The van der Waals surface area contributed by atoms with E-state index in [2.05, 4.69) is 41.2 Å². The van der Waals surface area contributed by atoms with Crippen LogP contribution < -0.4 is 4.74 Å². The molecule has 0 radical (unpaired) electrons. The second kappa shape index (κ2) is 7.49. The van der Waals surface area contributed by atoms with Crippen LogP contribution in [0.2, 0.25) is 0 Å². The molecule has 0 aliphatic carbocycles.